The Bertz CT molecular complexity index is 343. The van der Waals surface area contributed by atoms with Crippen molar-refractivity contribution >= 4 is 0 Å². The summed E-state index contributed by atoms with van der Waals surface area (Å²) in [6.45, 7) is 14.4. The number of nitrogens with one attached hydrogen (secondary N) is 1. The van der Waals surface area contributed by atoms with Crippen LogP contribution in [0.1, 0.15) is 37.0 Å². The molecule has 0 fully saturated rings. The highest BCUT2D eigenvalue weighted by Gasteiger charge is 2.00. The molecule has 1 rings (SSSR count). The first-order valence-electron chi connectivity index (χ1n) is 7.16. The van der Waals surface area contributed by atoms with E-state index in [2.05, 4.69) is 56.1 Å². The summed E-state index contributed by atoms with van der Waals surface area (Å²) in [7, 11) is 0. The van der Waals surface area contributed by atoms with Gasteiger partial charge in [-0.3, -0.25) is 0 Å². The van der Waals surface area contributed by atoms with Crippen LogP contribution >= 0.6 is 0 Å². The van der Waals surface area contributed by atoms with E-state index in [0.717, 1.165) is 26.2 Å². The van der Waals surface area contributed by atoms with Crippen LogP contribution < -0.4 is 5.32 Å². The molecular weight excluding hydrogens is 220 g/mol. The molecule has 0 aliphatic carbocycles. The van der Waals surface area contributed by atoms with Crippen molar-refractivity contribution in [3.05, 3.63) is 34.9 Å². The van der Waals surface area contributed by atoms with Gasteiger partial charge in [-0.1, -0.05) is 37.6 Å². The minimum absolute atomic E-state index is 0.992. The molecule has 1 aromatic rings. The highest BCUT2D eigenvalue weighted by molar-refractivity contribution is 5.30. The van der Waals surface area contributed by atoms with Gasteiger partial charge in [0, 0.05) is 6.54 Å². The predicted octanol–water partition coefficient (Wildman–Crippen LogP) is 3.12. The Morgan fingerprint density at radius 3 is 2.50 bits per heavy atom. The quantitative estimate of drug-likeness (QED) is 0.711. The SMILES string of the molecule is CCN(CC)CCCNCc1cc(C)ccc1C. The van der Waals surface area contributed by atoms with Gasteiger partial charge in [-0.2, -0.15) is 0 Å². The van der Waals surface area contributed by atoms with Gasteiger partial charge in [0.05, 0.1) is 0 Å². The van der Waals surface area contributed by atoms with Crippen LogP contribution in [-0.4, -0.2) is 31.1 Å². The fourth-order valence-electron chi connectivity index (χ4n) is 2.18. The predicted molar refractivity (Wildman–Crippen MR) is 80.0 cm³/mol. The summed E-state index contributed by atoms with van der Waals surface area (Å²) < 4.78 is 0. The molecule has 1 aromatic carbocycles. The minimum atomic E-state index is 0.992. The minimum Gasteiger partial charge on any atom is -0.313 e. The van der Waals surface area contributed by atoms with Gasteiger partial charge in [0.25, 0.3) is 0 Å². The summed E-state index contributed by atoms with van der Waals surface area (Å²) in [5, 5.41) is 3.55. The molecule has 102 valence electrons. The van der Waals surface area contributed by atoms with E-state index < -0.39 is 0 Å². The molecule has 2 nitrogen and oxygen atoms in total. The summed E-state index contributed by atoms with van der Waals surface area (Å²) in [6, 6.07) is 6.67. The van der Waals surface area contributed by atoms with Crippen molar-refractivity contribution in [2.75, 3.05) is 26.2 Å². The number of hydrogen-bond acceptors (Lipinski definition) is 2. The number of benzene rings is 1. The van der Waals surface area contributed by atoms with Crippen LogP contribution in [0, 0.1) is 13.8 Å². The first kappa shape index (κ1) is 15.2. The lowest BCUT2D eigenvalue weighted by atomic mass is 10.1. The summed E-state index contributed by atoms with van der Waals surface area (Å²) >= 11 is 0. The standard InChI is InChI=1S/C16H28N2/c1-5-18(6-2)11-7-10-17-13-16-12-14(3)8-9-15(16)4/h8-9,12,17H,5-7,10-11,13H2,1-4H3. The van der Waals surface area contributed by atoms with Crippen molar-refractivity contribution in [1.82, 2.24) is 10.2 Å². The molecule has 0 radical (unpaired) electrons. The van der Waals surface area contributed by atoms with Gasteiger partial charge in [0.15, 0.2) is 0 Å². The lowest BCUT2D eigenvalue weighted by Crippen LogP contribution is -2.27. The summed E-state index contributed by atoms with van der Waals surface area (Å²) in [4.78, 5) is 2.47. The van der Waals surface area contributed by atoms with Crippen molar-refractivity contribution in [2.24, 2.45) is 0 Å². The molecule has 0 unspecified atom stereocenters. The van der Waals surface area contributed by atoms with Crippen LogP contribution in [0.2, 0.25) is 0 Å². The van der Waals surface area contributed by atoms with Crippen LogP contribution in [0.5, 0.6) is 0 Å². The normalized spacial score (nSPS) is 11.2. The maximum absolute atomic E-state index is 3.55. The molecule has 0 spiro atoms. The van der Waals surface area contributed by atoms with Crippen LogP contribution in [0.15, 0.2) is 18.2 Å². The van der Waals surface area contributed by atoms with E-state index in [1.807, 2.05) is 0 Å². The van der Waals surface area contributed by atoms with Crippen LogP contribution in [0.3, 0.4) is 0 Å². The van der Waals surface area contributed by atoms with Crippen LogP contribution in [0.25, 0.3) is 0 Å². The third-order valence-corrected chi connectivity index (χ3v) is 3.54. The summed E-state index contributed by atoms with van der Waals surface area (Å²) in [5.74, 6) is 0. The van der Waals surface area contributed by atoms with Gasteiger partial charge in [-0.15, -0.1) is 0 Å². The zero-order chi connectivity index (χ0) is 13.4. The third-order valence-electron chi connectivity index (χ3n) is 3.54. The van der Waals surface area contributed by atoms with Crippen molar-refractivity contribution in [3.8, 4) is 0 Å². The number of rotatable bonds is 8. The van der Waals surface area contributed by atoms with Gasteiger partial charge in [-0.05, 0) is 57.6 Å². The average Bonchev–Trinajstić information content (AvgIpc) is 2.38. The Hall–Kier alpha value is -0.860. The monoisotopic (exact) mass is 248 g/mol. The van der Waals surface area contributed by atoms with Crippen molar-refractivity contribution in [2.45, 2.75) is 40.7 Å². The van der Waals surface area contributed by atoms with Crippen molar-refractivity contribution in [1.29, 1.82) is 0 Å². The molecule has 1 N–H and O–H groups in total. The molecule has 0 aliphatic heterocycles. The second-order valence-electron chi connectivity index (χ2n) is 4.99. The van der Waals surface area contributed by atoms with E-state index in [1.165, 1.54) is 29.7 Å². The van der Waals surface area contributed by atoms with Crippen LogP contribution in [-0.2, 0) is 6.54 Å². The maximum atomic E-state index is 3.55. The average molecular weight is 248 g/mol. The Morgan fingerprint density at radius 1 is 1.11 bits per heavy atom. The lowest BCUT2D eigenvalue weighted by molar-refractivity contribution is 0.298. The van der Waals surface area contributed by atoms with Crippen molar-refractivity contribution in [3.63, 3.8) is 0 Å². The molecule has 18 heavy (non-hydrogen) atoms. The van der Waals surface area contributed by atoms with E-state index in [-0.39, 0.29) is 0 Å². The number of nitrogens with zero attached hydrogens (tertiary/aromatic N) is 1. The molecule has 0 aromatic heterocycles. The molecule has 2 heteroatoms. The van der Waals surface area contributed by atoms with E-state index in [1.54, 1.807) is 0 Å². The Balaban J connectivity index is 2.23. The van der Waals surface area contributed by atoms with E-state index in [9.17, 15) is 0 Å². The van der Waals surface area contributed by atoms with E-state index >= 15 is 0 Å². The fraction of sp³-hybridized carbons (Fsp3) is 0.625. The summed E-state index contributed by atoms with van der Waals surface area (Å²) in [6.07, 6.45) is 1.23. The Labute approximate surface area is 112 Å². The van der Waals surface area contributed by atoms with E-state index in [0.29, 0.717) is 0 Å². The van der Waals surface area contributed by atoms with Crippen molar-refractivity contribution < 1.29 is 0 Å². The lowest BCUT2D eigenvalue weighted by Gasteiger charge is -2.17. The second kappa shape index (κ2) is 8.28. The highest BCUT2D eigenvalue weighted by Crippen LogP contribution is 2.10. The molecule has 0 amide bonds. The van der Waals surface area contributed by atoms with Gasteiger partial charge in [0.2, 0.25) is 0 Å². The first-order valence-corrected chi connectivity index (χ1v) is 7.16. The van der Waals surface area contributed by atoms with Gasteiger partial charge in [0.1, 0.15) is 0 Å². The zero-order valence-electron chi connectivity index (χ0n) is 12.4. The number of aryl methyl sites for hydroxylation is 2. The molecule has 0 atom stereocenters. The summed E-state index contributed by atoms with van der Waals surface area (Å²) in [5.41, 5.74) is 4.16. The molecule has 0 bridgehead atoms. The maximum Gasteiger partial charge on any atom is 0.0208 e. The second-order valence-corrected chi connectivity index (χ2v) is 4.99. The molecular formula is C16H28N2. The van der Waals surface area contributed by atoms with Gasteiger partial charge < -0.3 is 10.2 Å². The molecule has 0 aliphatic rings. The van der Waals surface area contributed by atoms with E-state index in [4.69, 9.17) is 0 Å². The molecule has 0 saturated carbocycles. The molecule has 0 saturated heterocycles. The first-order chi connectivity index (χ1) is 8.67. The Kier molecular flexibility index (Phi) is 6.99. The third kappa shape index (κ3) is 5.19. The van der Waals surface area contributed by atoms with Crippen LogP contribution in [0.4, 0.5) is 0 Å². The largest absolute Gasteiger partial charge is 0.313 e. The van der Waals surface area contributed by atoms with Gasteiger partial charge >= 0.3 is 0 Å². The topological polar surface area (TPSA) is 15.3 Å². The fourth-order valence-corrected chi connectivity index (χ4v) is 2.18. The molecule has 0 heterocycles. The van der Waals surface area contributed by atoms with Gasteiger partial charge in [-0.25, -0.2) is 0 Å². The highest BCUT2D eigenvalue weighted by atomic mass is 15.1. The zero-order valence-corrected chi connectivity index (χ0v) is 12.4. The number of hydrogen-bond donors (Lipinski definition) is 1. The smallest absolute Gasteiger partial charge is 0.0208 e. The Morgan fingerprint density at radius 2 is 1.83 bits per heavy atom.